The van der Waals surface area contributed by atoms with Crippen molar-refractivity contribution in [3.8, 4) is 5.75 Å². The highest BCUT2D eigenvalue weighted by atomic mass is 35.5. The number of hydrogen-bond donors (Lipinski definition) is 0. The molecule has 6 nitrogen and oxygen atoms in total. The summed E-state index contributed by atoms with van der Waals surface area (Å²) in [5.74, 6) is -0.479. The first-order chi connectivity index (χ1) is 16.7. The first-order valence-corrected chi connectivity index (χ1v) is 13.6. The van der Waals surface area contributed by atoms with Crippen LogP contribution in [0.4, 0.5) is 0 Å². The molecule has 0 bridgehead atoms. The Morgan fingerprint density at radius 3 is 1.97 bits per heavy atom. The molecule has 5 rings (SSSR count). The number of rotatable bonds is 4. The second-order valence-corrected chi connectivity index (χ2v) is 11.3. The Hall–Kier alpha value is -2.61. The van der Waals surface area contributed by atoms with Crippen LogP contribution in [0.5, 0.6) is 5.75 Å². The van der Waals surface area contributed by atoms with Crippen LogP contribution in [0.2, 0.25) is 10.0 Å². The van der Waals surface area contributed by atoms with Crippen LogP contribution in [0.3, 0.4) is 0 Å². The van der Waals surface area contributed by atoms with Crippen molar-refractivity contribution in [3.63, 3.8) is 0 Å². The number of Topliss-reactive ketones (excluding diaryl/α,β-unsaturated/α-hetero) is 2. The zero-order valence-corrected chi connectivity index (χ0v) is 21.3. The molecule has 2 aromatic carbocycles. The summed E-state index contributed by atoms with van der Waals surface area (Å²) < 4.78 is 30.7. The molecular weight excluding hydrogens is 509 g/mol. The molecule has 0 fully saturated rings. The Balaban J connectivity index is 1.56. The molecule has 0 N–H and O–H groups in total. The minimum Gasteiger partial charge on any atom is -0.377 e. The van der Waals surface area contributed by atoms with E-state index in [0.29, 0.717) is 34.6 Å². The molecule has 0 saturated heterocycles. The van der Waals surface area contributed by atoms with Gasteiger partial charge >= 0.3 is 10.1 Å². The third-order valence-corrected chi connectivity index (χ3v) is 8.63. The van der Waals surface area contributed by atoms with Crippen LogP contribution >= 0.6 is 23.2 Å². The van der Waals surface area contributed by atoms with Crippen LogP contribution < -0.4 is 4.18 Å². The number of halogens is 2. The van der Waals surface area contributed by atoms with Crippen molar-refractivity contribution in [2.24, 2.45) is 0 Å². The maximum atomic E-state index is 13.1. The normalized spacial score (nSPS) is 19.1. The number of nitrogens with zero attached hydrogens (tertiary/aromatic N) is 1. The minimum atomic E-state index is -4.13. The number of benzene rings is 2. The van der Waals surface area contributed by atoms with E-state index in [0.717, 1.165) is 37.1 Å². The van der Waals surface area contributed by atoms with Gasteiger partial charge in [-0.05, 0) is 67.6 Å². The zero-order chi connectivity index (χ0) is 24.9. The maximum absolute atomic E-state index is 13.1. The fourth-order valence-electron chi connectivity index (χ4n) is 5.22. The van der Waals surface area contributed by atoms with Gasteiger partial charge in [0.15, 0.2) is 17.3 Å². The van der Waals surface area contributed by atoms with E-state index in [9.17, 15) is 18.0 Å². The number of hydrogen-bond acceptors (Lipinski definition) is 6. The van der Waals surface area contributed by atoms with Crippen molar-refractivity contribution in [1.82, 2.24) is 4.90 Å². The van der Waals surface area contributed by atoms with Gasteiger partial charge in [0.05, 0.1) is 5.02 Å². The lowest BCUT2D eigenvalue weighted by Crippen LogP contribution is -2.37. The molecule has 0 aromatic heterocycles. The molecule has 35 heavy (non-hydrogen) atoms. The standard InChI is InChI=1S/C26H23Cl2NO5S/c1-29-19-4-2-6-21(30)25(19)24(26-20(29)5-3-7-22(26)31)15-8-13-23(18(28)14-15)34-35(32,33)17-11-9-16(27)10-12-17/h8-14,24H,2-7H2,1H3. The third kappa shape index (κ3) is 4.30. The third-order valence-electron chi connectivity index (χ3n) is 6.84. The van der Waals surface area contributed by atoms with Crippen molar-refractivity contribution in [2.45, 2.75) is 49.3 Å². The van der Waals surface area contributed by atoms with Gasteiger partial charge in [0.2, 0.25) is 0 Å². The fourth-order valence-corrected chi connectivity index (χ4v) is 6.56. The number of carbonyl (C=O) groups is 2. The van der Waals surface area contributed by atoms with Gasteiger partial charge in [0.1, 0.15) is 4.90 Å². The van der Waals surface area contributed by atoms with Crippen LogP contribution in [0.15, 0.2) is 69.9 Å². The Labute approximate surface area is 214 Å². The second-order valence-electron chi connectivity index (χ2n) is 8.95. The highest BCUT2D eigenvalue weighted by Gasteiger charge is 2.42. The molecule has 2 aromatic rings. The SMILES string of the molecule is CN1C2=C(C(=O)CCC2)C(c2ccc(OS(=O)(=O)c3ccc(Cl)cc3)c(Cl)c2)C2=C1CCCC2=O. The van der Waals surface area contributed by atoms with Crippen LogP contribution in [-0.4, -0.2) is 31.9 Å². The molecule has 1 heterocycles. The van der Waals surface area contributed by atoms with Crippen molar-refractivity contribution in [3.05, 3.63) is 80.6 Å². The van der Waals surface area contributed by atoms with Crippen molar-refractivity contribution >= 4 is 44.9 Å². The largest absolute Gasteiger partial charge is 0.377 e. The lowest BCUT2D eigenvalue weighted by Gasteiger charge is -2.42. The van der Waals surface area contributed by atoms with Gasteiger partial charge in [0, 0.05) is 53.4 Å². The monoisotopic (exact) mass is 531 g/mol. The Morgan fingerprint density at radius 1 is 0.857 bits per heavy atom. The highest BCUT2D eigenvalue weighted by molar-refractivity contribution is 7.87. The van der Waals surface area contributed by atoms with Crippen LogP contribution in [-0.2, 0) is 19.7 Å². The smallest absolute Gasteiger partial charge is 0.339 e. The summed E-state index contributed by atoms with van der Waals surface area (Å²) in [6, 6.07) is 10.4. The van der Waals surface area contributed by atoms with Gasteiger partial charge in [0.25, 0.3) is 0 Å². The summed E-state index contributed by atoms with van der Waals surface area (Å²) in [5.41, 5.74) is 3.88. The predicted molar refractivity (Wildman–Crippen MR) is 133 cm³/mol. The summed E-state index contributed by atoms with van der Waals surface area (Å²) in [4.78, 5) is 28.2. The van der Waals surface area contributed by atoms with Gasteiger partial charge in [-0.1, -0.05) is 29.3 Å². The maximum Gasteiger partial charge on any atom is 0.339 e. The first kappa shape index (κ1) is 24.1. The quantitative estimate of drug-likeness (QED) is 0.463. The molecule has 0 spiro atoms. The molecule has 9 heteroatoms. The van der Waals surface area contributed by atoms with Gasteiger partial charge in [-0.25, -0.2) is 0 Å². The molecule has 3 aliphatic rings. The van der Waals surface area contributed by atoms with Gasteiger partial charge in [-0.3, -0.25) is 9.59 Å². The van der Waals surface area contributed by atoms with E-state index < -0.39 is 16.0 Å². The molecule has 0 amide bonds. The fraction of sp³-hybridized carbons (Fsp3) is 0.308. The Kier molecular flexibility index (Phi) is 6.28. The van der Waals surface area contributed by atoms with Crippen molar-refractivity contribution < 1.29 is 22.2 Å². The van der Waals surface area contributed by atoms with Crippen LogP contribution in [0.25, 0.3) is 0 Å². The summed E-state index contributed by atoms with van der Waals surface area (Å²) in [5, 5.41) is 0.483. The molecule has 0 atom stereocenters. The summed E-state index contributed by atoms with van der Waals surface area (Å²) in [6.07, 6.45) is 3.98. The molecule has 1 aliphatic heterocycles. The summed E-state index contributed by atoms with van der Waals surface area (Å²) in [6.45, 7) is 0. The van der Waals surface area contributed by atoms with E-state index in [1.165, 1.54) is 30.3 Å². The van der Waals surface area contributed by atoms with E-state index in [-0.39, 0.29) is 27.2 Å². The van der Waals surface area contributed by atoms with E-state index in [4.69, 9.17) is 27.4 Å². The minimum absolute atomic E-state index is 0.0355. The lowest BCUT2D eigenvalue weighted by atomic mass is 9.71. The molecule has 2 aliphatic carbocycles. The molecule has 182 valence electrons. The average molecular weight is 532 g/mol. The first-order valence-electron chi connectivity index (χ1n) is 11.4. The average Bonchev–Trinajstić information content (AvgIpc) is 2.82. The number of ketones is 2. The predicted octanol–water partition coefficient (Wildman–Crippen LogP) is 5.80. The highest BCUT2D eigenvalue weighted by Crippen LogP contribution is 2.49. The van der Waals surface area contributed by atoms with Crippen LogP contribution in [0.1, 0.15) is 50.0 Å². The summed E-state index contributed by atoms with van der Waals surface area (Å²) >= 11 is 12.3. The van der Waals surface area contributed by atoms with E-state index in [2.05, 4.69) is 0 Å². The number of allylic oxidation sites excluding steroid dienone is 4. The topological polar surface area (TPSA) is 80.8 Å². The van der Waals surface area contributed by atoms with E-state index in [1.807, 2.05) is 11.9 Å². The van der Waals surface area contributed by atoms with Gasteiger partial charge < -0.3 is 9.08 Å². The van der Waals surface area contributed by atoms with Crippen molar-refractivity contribution in [1.29, 1.82) is 0 Å². The van der Waals surface area contributed by atoms with Gasteiger partial charge in [-0.15, -0.1) is 0 Å². The van der Waals surface area contributed by atoms with Crippen molar-refractivity contribution in [2.75, 3.05) is 7.05 Å². The zero-order valence-electron chi connectivity index (χ0n) is 19.0. The Bertz CT molecular complexity index is 1370. The second kappa shape index (κ2) is 9.12. The molecular formula is C26H23Cl2NO5S. The molecule has 0 unspecified atom stereocenters. The summed E-state index contributed by atoms with van der Waals surface area (Å²) in [7, 11) is -2.20. The Morgan fingerprint density at radius 2 is 1.43 bits per heavy atom. The van der Waals surface area contributed by atoms with E-state index in [1.54, 1.807) is 12.1 Å². The molecule has 0 saturated carbocycles. The number of carbonyl (C=O) groups excluding carboxylic acids is 2. The van der Waals surface area contributed by atoms with E-state index >= 15 is 0 Å². The molecule has 0 radical (unpaired) electrons. The van der Waals surface area contributed by atoms with Crippen LogP contribution in [0, 0.1) is 0 Å². The van der Waals surface area contributed by atoms with Gasteiger partial charge in [-0.2, -0.15) is 8.42 Å². The lowest BCUT2D eigenvalue weighted by molar-refractivity contribution is -0.117.